The van der Waals surface area contributed by atoms with Crippen LogP contribution in [0.25, 0.3) is 0 Å². The maximum Gasteiger partial charge on any atom is 0.515 e. The maximum atomic E-state index is 8.09. The van der Waals surface area contributed by atoms with E-state index >= 15 is 0 Å². The molecule has 0 N–H and O–H groups in total. The molecule has 5 nitrogen and oxygen atoms in total. The Kier molecular flexibility index (Phi) is 1.78. The SMILES string of the molecule is [2H]C([2H])([2H])OC1([2H])C([2H])([2H])N(c2nc(B3OC(C)(C)C(C)(C)O3)cs2)C1([2H])[2H]. The highest BCUT2D eigenvalue weighted by molar-refractivity contribution is 7.14. The Hall–Kier alpha value is -0.625. The summed E-state index contributed by atoms with van der Waals surface area (Å²) in [7, 11) is -3.95. The van der Waals surface area contributed by atoms with E-state index in [0.29, 0.717) is 10.5 Å². The summed E-state index contributed by atoms with van der Waals surface area (Å²) < 4.78 is 78.1. The highest BCUT2D eigenvalue weighted by Crippen LogP contribution is 2.36. The van der Waals surface area contributed by atoms with Crippen LogP contribution in [0.3, 0.4) is 0 Å². The zero-order chi connectivity index (χ0) is 21.6. The topological polar surface area (TPSA) is 43.8 Å². The quantitative estimate of drug-likeness (QED) is 0.787. The minimum Gasteiger partial charge on any atom is -0.398 e. The highest BCUT2D eigenvalue weighted by Gasteiger charge is 2.52. The van der Waals surface area contributed by atoms with Gasteiger partial charge in [-0.15, -0.1) is 11.3 Å². The predicted octanol–water partition coefficient (Wildman–Crippen LogP) is 1.28. The lowest BCUT2D eigenvalue weighted by molar-refractivity contribution is 0.00578. The van der Waals surface area contributed by atoms with Crippen LogP contribution in [0.1, 0.15) is 38.7 Å². The maximum absolute atomic E-state index is 8.09. The Morgan fingerprint density at radius 1 is 1.50 bits per heavy atom. The first kappa shape index (κ1) is 7.58. The number of thiazole rings is 1. The van der Waals surface area contributed by atoms with Gasteiger partial charge >= 0.3 is 7.12 Å². The van der Waals surface area contributed by atoms with Gasteiger partial charge in [-0.25, -0.2) is 4.98 Å². The first-order valence-electron chi connectivity index (χ1n) is 10.2. The molecule has 0 aliphatic carbocycles. The van der Waals surface area contributed by atoms with Gasteiger partial charge in [-0.2, -0.15) is 0 Å². The van der Waals surface area contributed by atoms with E-state index in [1.807, 2.05) is 27.7 Å². The molecule has 2 aliphatic heterocycles. The number of aromatic nitrogens is 1. The summed E-state index contributed by atoms with van der Waals surface area (Å²) in [5.41, 5.74) is -0.874. The fourth-order valence-electron chi connectivity index (χ4n) is 1.80. The van der Waals surface area contributed by atoms with E-state index in [1.165, 1.54) is 0 Å². The molecule has 0 radical (unpaired) electrons. The third-order valence-corrected chi connectivity index (χ3v) is 4.57. The summed E-state index contributed by atoms with van der Waals surface area (Å²) in [4.78, 5) is 4.84. The predicted molar refractivity (Wildman–Crippen MR) is 80.8 cm³/mol. The van der Waals surface area contributed by atoms with Gasteiger partial charge in [0.25, 0.3) is 0 Å². The number of anilines is 1. The van der Waals surface area contributed by atoms with Crippen LogP contribution in [0.5, 0.6) is 0 Å². The van der Waals surface area contributed by atoms with Crippen molar-refractivity contribution in [3.05, 3.63) is 5.38 Å². The van der Waals surface area contributed by atoms with E-state index in [2.05, 4.69) is 9.72 Å². The molecule has 1 aromatic heterocycles. The molecular weight excluding hydrogens is 275 g/mol. The van der Waals surface area contributed by atoms with Crippen LogP contribution in [-0.2, 0) is 14.0 Å². The molecule has 0 spiro atoms. The van der Waals surface area contributed by atoms with Gasteiger partial charge in [-0.05, 0) is 27.7 Å². The molecule has 110 valence electrons. The molecule has 0 atom stereocenters. The standard InChI is InChI=1S/C13H21BN2O3S/c1-12(2)13(3,4)19-14(18-12)10-8-20-11(15-10)16-6-9(7-16)17-5/h8-9H,6-7H2,1-5H3/i5D3,6D2,7D2,9D. The largest absolute Gasteiger partial charge is 0.515 e. The second-order valence-corrected chi connectivity index (χ2v) is 6.47. The number of hydrogen-bond donors (Lipinski definition) is 0. The Balaban J connectivity index is 1.88. The Morgan fingerprint density at radius 2 is 2.15 bits per heavy atom. The van der Waals surface area contributed by atoms with E-state index in [9.17, 15) is 0 Å². The van der Waals surface area contributed by atoms with Gasteiger partial charge in [0.1, 0.15) is 0 Å². The Labute approximate surface area is 135 Å². The lowest BCUT2D eigenvalue weighted by Crippen LogP contribution is -2.52. The summed E-state index contributed by atoms with van der Waals surface area (Å²) in [6.45, 7) is 1.94. The fraction of sp³-hybridized carbons (Fsp3) is 0.769. The average molecular weight is 304 g/mol. The second-order valence-electron chi connectivity index (χ2n) is 5.63. The molecule has 0 bridgehead atoms. The molecule has 3 heterocycles. The summed E-state index contributed by atoms with van der Waals surface area (Å²) in [5.74, 6) is 0. The highest BCUT2D eigenvalue weighted by atomic mass is 32.1. The van der Waals surface area contributed by atoms with E-state index in [4.69, 9.17) is 20.3 Å². The van der Waals surface area contributed by atoms with E-state index in [-0.39, 0.29) is 5.13 Å². The van der Waals surface area contributed by atoms with Gasteiger partial charge in [0.15, 0.2) is 5.13 Å². The number of rotatable bonds is 3. The van der Waals surface area contributed by atoms with E-state index < -0.39 is 44.4 Å². The summed E-state index contributed by atoms with van der Waals surface area (Å²) in [5, 5.41) is 1.48. The molecule has 0 unspecified atom stereocenters. The lowest BCUT2D eigenvalue weighted by atomic mass is 9.86. The number of ether oxygens (including phenoxy) is 1. The Bertz CT molecular complexity index is 752. The van der Waals surface area contributed by atoms with Crippen molar-refractivity contribution < 1.29 is 25.0 Å². The normalized spacial score (nSPS) is 38.2. The molecule has 0 amide bonds. The summed E-state index contributed by atoms with van der Waals surface area (Å²) >= 11 is 0.939. The van der Waals surface area contributed by atoms with Crippen LogP contribution < -0.4 is 10.5 Å². The third-order valence-electron chi connectivity index (χ3n) is 3.72. The monoisotopic (exact) mass is 304 g/mol. The molecule has 2 aliphatic rings. The smallest absolute Gasteiger partial charge is 0.398 e. The van der Waals surface area contributed by atoms with Crippen LogP contribution >= 0.6 is 11.3 Å². The Morgan fingerprint density at radius 3 is 2.75 bits per heavy atom. The first-order valence-corrected chi connectivity index (χ1v) is 7.05. The lowest BCUT2D eigenvalue weighted by Gasteiger charge is -2.37. The van der Waals surface area contributed by atoms with Gasteiger partial charge < -0.3 is 18.9 Å². The van der Waals surface area contributed by atoms with E-state index in [0.717, 1.165) is 11.3 Å². The molecule has 20 heavy (non-hydrogen) atoms. The summed E-state index contributed by atoms with van der Waals surface area (Å²) in [6.07, 6.45) is -2.96. The molecule has 1 aromatic rings. The van der Waals surface area contributed by atoms with Crippen LogP contribution in [0.15, 0.2) is 5.38 Å². The van der Waals surface area contributed by atoms with Crippen molar-refractivity contribution in [3.8, 4) is 0 Å². The first-order chi connectivity index (χ1) is 12.4. The number of methoxy groups -OCH3 is 1. The second kappa shape index (κ2) is 4.69. The number of nitrogens with zero attached hydrogens (tertiary/aromatic N) is 2. The molecule has 0 saturated carbocycles. The summed E-state index contributed by atoms with van der Waals surface area (Å²) in [6, 6.07) is 0. The zero-order valence-corrected chi connectivity index (χ0v) is 12.5. The van der Waals surface area contributed by atoms with Gasteiger partial charge in [0.2, 0.25) is 0 Å². The molecular formula is C13H21BN2O3S. The van der Waals surface area contributed by atoms with Crippen molar-refractivity contribution in [2.24, 2.45) is 0 Å². The fourth-order valence-corrected chi connectivity index (χ4v) is 2.54. The van der Waals surface area contributed by atoms with Crippen LogP contribution in [0, 0.1) is 0 Å². The minimum atomic E-state index is -3.13. The van der Waals surface area contributed by atoms with Crippen molar-refractivity contribution in [2.75, 3.05) is 24.9 Å². The molecule has 0 aromatic carbocycles. The van der Waals surface area contributed by atoms with Crippen molar-refractivity contribution >= 4 is 29.2 Å². The molecule has 3 rings (SSSR count). The van der Waals surface area contributed by atoms with Gasteiger partial charge in [-0.3, -0.25) is 0 Å². The molecule has 2 saturated heterocycles. The van der Waals surface area contributed by atoms with Crippen molar-refractivity contribution in [1.29, 1.82) is 0 Å². The third kappa shape index (κ3) is 2.26. The van der Waals surface area contributed by atoms with Gasteiger partial charge in [0, 0.05) is 25.4 Å². The van der Waals surface area contributed by atoms with Crippen molar-refractivity contribution in [1.82, 2.24) is 4.98 Å². The van der Waals surface area contributed by atoms with Gasteiger partial charge in [-0.1, -0.05) is 0 Å². The molecule has 7 heteroatoms. The van der Waals surface area contributed by atoms with Crippen molar-refractivity contribution in [2.45, 2.75) is 45.0 Å². The minimum absolute atomic E-state index is 0.0725. The number of hydrogen-bond acceptors (Lipinski definition) is 6. The van der Waals surface area contributed by atoms with E-state index in [1.54, 1.807) is 5.38 Å². The van der Waals surface area contributed by atoms with Gasteiger partial charge in [0.05, 0.1) is 33.8 Å². The van der Waals surface area contributed by atoms with Crippen LogP contribution in [0.4, 0.5) is 5.13 Å². The average Bonchev–Trinajstić information content (AvgIpc) is 2.99. The zero-order valence-electron chi connectivity index (χ0n) is 19.7. The van der Waals surface area contributed by atoms with Crippen molar-refractivity contribution in [3.63, 3.8) is 0 Å². The molecule has 2 fully saturated rings. The van der Waals surface area contributed by atoms with Crippen LogP contribution in [-0.4, -0.2) is 49.4 Å². The van der Waals surface area contributed by atoms with Crippen LogP contribution in [0.2, 0.25) is 0 Å².